The molecule has 1 aliphatic carbocycles. The Morgan fingerprint density at radius 1 is 1.10 bits per heavy atom. The lowest BCUT2D eigenvalue weighted by molar-refractivity contribution is -0.182. The second-order valence-electron chi connectivity index (χ2n) is 9.25. The van der Waals surface area contributed by atoms with Gasteiger partial charge in [-0.05, 0) is 51.0 Å². The molecule has 2 atom stereocenters. The van der Waals surface area contributed by atoms with Gasteiger partial charge in [0.25, 0.3) is 0 Å². The van der Waals surface area contributed by atoms with Gasteiger partial charge in [0.1, 0.15) is 0 Å². The number of piperidine rings is 1. The fourth-order valence-electron chi connectivity index (χ4n) is 5.05. The minimum absolute atomic E-state index is 0.00949. The first-order chi connectivity index (χ1) is 14.4. The summed E-state index contributed by atoms with van der Waals surface area (Å²) in [6.07, 6.45) is -0.950. The Morgan fingerprint density at radius 3 is 2.39 bits per heavy atom. The molecule has 0 bridgehead atoms. The molecule has 1 saturated heterocycles. The smallest absolute Gasteiger partial charge is 0.234 e. The van der Waals surface area contributed by atoms with Crippen molar-refractivity contribution in [2.45, 2.75) is 64.0 Å². The molecule has 2 aliphatic rings. The second kappa shape index (κ2) is 8.03. The van der Waals surface area contributed by atoms with Crippen molar-refractivity contribution >= 4 is 15.7 Å². The Hall–Kier alpha value is -1.68. The van der Waals surface area contributed by atoms with Gasteiger partial charge in [-0.3, -0.25) is 0 Å². The van der Waals surface area contributed by atoms with E-state index in [1.54, 1.807) is 4.52 Å². The van der Waals surface area contributed by atoms with Gasteiger partial charge in [0, 0.05) is 36.7 Å². The summed E-state index contributed by atoms with van der Waals surface area (Å²) in [5, 5.41) is 4.77. The summed E-state index contributed by atoms with van der Waals surface area (Å²) in [6.45, 7) is 4.92. The van der Waals surface area contributed by atoms with Crippen molar-refractivity contribution in [3.63, 3.8) is 0 Å². The number of hydrogen-bond acceptors (Lipinski definition) is 4. The van der Waals surface area contributed by atoms with Gasteiger partial charge in [0.2, 0.25) is 10.0 Å². The summed E-state index contributed by atoms with van der Waals surface area (Å²) in [5.74, 6) is -0.981. The molecule has 3 heterocycles. The van der Waals surface area contributed by atoms with Crippen molar-refractivity contribution in [1.29, 1.82) is 0 Å². The quantitative estimate of drug-likeness (QED) is 0.689. The standard InChI is InChI=1S/C21H29F3N4O2S/c1-13-8-9-27(31(3,29)30)12-17(13)19-10-14(2)25-20-11-18(26-28(19)20)15-4-6-16(7-5-15)21(22,23)24/h10-11,13,15-17H,4-9,12H2,1-3H3/t13-,15?,16?,17-/m1/s1. The lowest BCUT2D eigenvalue weighted by Gasteiger charge is -2.35. The maximum atomic E-state index is 13.0. The van der Waals surface area contributed by atoms with Crippen LogP contribution in [0.5, 0.6) is 0 Å². The van der Waals surface area contributed by atoms with Gasteiger partial charge in [-0.15, -0.1) is 0 Å². The Balaban J connectivity index is 1.64. The van der Waals surface area contributed by atoms with Crippen LogP contribution in [0, 0.1) is 18.8 Å². The molecule has 10 heteroatoms. The van der Waals surface area contributed by atoms with Crippen LogP contribution in [-0.4, -0.2) is 52.8 Å². The number of fused-ring (bicyclic) bond motifs is 1. The first-order valence-corrected chi connectivity index (χ1v) is 12.7. The normalized spacial score (nSPS) is 28.8. The van der Waals surface area contributed by atoms with Gasteiger partial charge < -0.3 is 0 Å². The molecule has 1 saturated carbocycles. The molecule has 0 unspecified atom stereocenters. The summed E-state index contributed by atoms with van der Waals surface area (Å²) in [5.41, 5.74) is 3.19. The fourth-order valence-corrected chi connectivity index (χ4v) is 5.92. The number of sulfonamides is 1. The molecule has 2 aromatic heterocycles. The summed E-state index contributed by atoms with van der Waals surface area (Å²) in [7, 11) is -3.29. The molecule has 2 fully saturated rings. The van der Waals surface area contributed by atoms with Gasteiger partial charge in [-0.1, -0.05) is 6.92 Å². The number of hydrogen-bond donors (Lipinski definition) is 0. The van der Waals surface area contributed by atoms with E-state index in [0.29, 0.717) is 31.6 Å². The first kappa shape index (κ1) is 22.5. The third-order valence-electron chi connectivity index (χ3n) is 6.98. The van der Waals surface area contributed by atoms with Crippen LogP contribution in [0.4, 0.5) is 13.2 Å². The van der Waals surface area contributed by atoms with Gasteiger partial charge >= 0.3 is 6.18 Å². The van der Waals surface area contributed by atoms with E-state index in [1.165, 1.54) is 10.6 Å². The topological polar surface area (TPSA) is 67.6 Å². The summed E-state index contributed by atoms with van der Waals surface area (Å²) >= 11 is 0. The van der Waals surface area contributed by atoms with E-state index in [-0.39, 0.29) is 30.6 Å². The van der Waals surface area contributed by atoms with E-state index in [2.05, 4.69) is 11.9 Å². The maximum Gasteiger partial charge on any atom is 0.391 e. The third-order valence-corrected chi connectivity index (χ3v) is 8.25. The summed E-state index contributed by atoms with van der Waals surface area (Å²) in [6, 6.07) is 3.84. The van der Waals surface area contributed by atoms with Crippen molar-refractivity contribution < 1.29 is 21.6 Å². The molecular formula is C21H29F3N4O2S. The number of nitrogens with zero attached hydrogens (tertiary/aromatic N) is 4. The maximum absolute atomic E-state index is 13.0. The monoisotopic (exact) mass is 458 g/mol. The highest BCUT2D eigenvalue weighted by atomic mass is 32.2. The predicted octanol–water partition coefficient (Wildman–Crippen LogP) is 4.26. The third kappa shape index (κ3) is 4.60. The molecule has 0 aromatic carbocycles. The molecule has 31 heavy (non-hydrogen) atoms. The average molecular weight is 459 g/mol. The van der Waals surface area contributed by atoms with Crippen molar-refractivity contribution in [2.24, 2.45) is 11.8 Å². The Bertz CT molecular complexity index is 1060. The second-order valence-corrected chi connectivity index (χ2v) is 11.2. The van der Waals surface area contributed by atoms with E-state index in [1.807, 2.05) is 19.1 Å². The molecule has 0 spiro atoms. The lowest BCUT2D eigenvalue weighted by Crippen LogP contribution is -2.42. The van der Waals surface area contributed by atoms with Crippen molar-refractivity contribution in [3.05, 3.63) is 29.2 Å². The fraction of sp³-hybridized carbons (Fsp3) is 0.714. The average Bonchev–Trinajstić information content (AvgIpc) is 3.10. The molecule has 1 aliphatic heterocycles. The zero-order valence-corrected chi connectivity index (χ0v) is 18.9. The molecular weight excluding hydrogens is 429 g/mol. The first-order valence-electron chi connectivity index (χ1n) is 10.8. The molecule has 4 rings (SSSR count). The van der Waals surface area contributed by atoms with Crippen molar-refractivity contribution in [3.8, 4) is 0 Å². The van der Waals surface area contributed by atoms with Crippen LogP contribution in [0.1, 0.15) is 67.9 Å². The minimum Gasteiger partial charge on any atom is -0.234 e. The Labute approximate surface area is 180 Å². The molecule has 0 amide bonds. The lowest BCUT2D eigenvalue weighted by atomic mass is 9.80. The van der Waals surface area contributed by atoms with Crippen molar-refractivity contribution in [2.75, 3.05) is 19.3 Å². The van der Waals surface area contributed by atoms with Crippen LogP contribution in [0.25, 0.3) is 5.65 Å². The van der Waals surface area contributed by atoms with E-state index in [0.717, 1.165) is 23.5 Å². The molecule has 2 aromatic rings. The number of halogens is 3. The van der Waals surface area contributed by atoms with Crippen molar-refractivity contribution in [1.82, 2.24) is 18.9 Å². The van der Waals surface area contributed by atoms with Crippen LogP contribution in [0.3, 0.4) is 0 Å². The molecule has 0 N–H and O–H groups in total. The largest absolute Gasteiger partial charge is 0.391 e. The van der Waals surface area contributed by atoms with E-state index < -0.39 is 22.1 Å². The van der Waals surface area contributed by atoms with Crippen LogP contribution >= 0.6 is 0 Å². The number of alkyl halides is 3. The SMILES string of the molecule is Cc1cc([C@@H]2CN(S(C)(=O)=O)CC[C@H]2C)n2nc(C3CCC(C(F)(F)F)CC3)cc2n1. The Kier molecular flexibility index (Phi) is 5.83. The number of aryl methyl sites for hydroxylation is 1. The highest BCUT2D eigenvalue weighted by Gasteiger charge is 2.42. The highest BCUT2D eigenvalue weighted by Crippen LogP contribution is 2.43. The van der Waals surface area contributed by atoms with Gasteiger partial charge in [-0.25, -0.2) is 22.2 Å². The van der Waals surface area contributed by atoms with Gasteiger partial charge in [0.15, 0.2) is 5.65 Å². The predicted molar refractivity (Wildman–Crippen MR) is 111 cm³/mol. The van der Waals surface area contributed by atoms with Crippen LogP contribution < -0.4 is 0 Å². The van der Waals surface area contributed by atoms with E-state index in [4.69, 9.17) is 5.10 Å². The Morgan fingerprint density at radius 2 is 1.77 bits per heavy atom. The van der Waals surface area contributed by atoms with Gasteiger partial charge in [-0.2, -0.15) is 18.3 Å². The van der Waals surface area contributed by atoms with E-state index in [9.17, 15) is 21.6 Å². The zero-order chi connectivity index (χ0) is 22.6. The number of rotatable bonds is 3. The van der Waals surface area contributed by atoms with Crippen LogP contribution in [-0.2, 0) is 10.0 Å². The summed E-state index contributed by atoms with van der Waals surface area (Å²) in [4.78, 5) is 4.58. The highest BCUT2D eigenvalue weighted by molar-refractivity contribution is 7.88. The molecule has 0 radical (unpaired) electrons. The van der Waals surface area contributed by atoms with E-state index >= 15 is 0 Å². The molecule has 172 valence electrons. The molecule has 6 nitrogen and oxygen atoms in total. The van der Waals surface area contributed by atoms with Crippen LogP contribution in [0.15, 0.2) is 12.1 Å². The zero-order valence-electron chi connectivity index (χ0n) is 18.1. The number of aromatic nitrogens is 3. The van der Waals surface area contributed by atoms with Crippen LogP contribution in [0.2, 0.25) is 0 Å². The minimum atomic E-state index is -4.13. The van der Waals surface area contributed by atoms with Gasteiger partial charge in [0.05, 0.1) is 23.6 Å². The summed E-state index contributed by atoms with van der Waals surface area (Å²) < 4.78 is 66.6.